The molecule has 29 heavy (non-hydrogen) atoms. The quantitative estimate of drug-likeness (QED) is 0.137. The lowest BCUT2D eigenvalue weighted by Gasteiger charge is -2.15. The molecule has 0 aromatic heterocycles. The predicted octanol–water partition coefficient (Wildman–Crippen LogP) is 7.45. The van der Waals surface area contributed by atoms with Gasteiger partial charge in [0.1, 0.15) is 0 Å². The smallest absolute Gasteiger partial charge is 0.267 e. The third kappa shape index (κ3) is 19.6. The van der Waals surface area contributed by atoms with E-state index in [0.29, 0.717) is 25.7 Å². The highest BCUT2D eigenvalue weighted by Crippen LogP contribution is 2.19. The Labute approximate surface area is 182 Å². The van der Waals surface area contributed by atoms with Gasteiger partial charge in [0.2, 0.25) is 0 Å². The molecule has 176 valence electrons. The van der Waals surface area contributed by atoms with E-state index in [2.05, 4.69) is 13.8 Å². The summed E-state index contributed by atoms with van der Waals surface area (Å²) in [5.74, 6) is 0. The average Bonchev–Trinajstić information content (AvgIpc) is 2.67. The standard InChI is InChI=1S/C24H50O4S/c1-3-5-7-9-10-11-12-13-15-16-19-23(25)20-18-22-24(29(26,27)28)21-17-14-8-6-4-2/h23-25H,3-22H2,1-2H3,(H,26,27,28). The highest BCUT2D eigenvalue weighted by Gasteiger charge is 2.22. The number of unbranched alkanes of at least 4 members (excludes halogenated alkanes) is 13. The van der Waals surface area contributed by atoms with Crippen LogP contribution >= 0.6 is 0 Å². The molecule has 0 aromatic rings. The molecule has 0 fully saturated rings. The molecule has 0 amide bonds. The van der Waals surface area contributed by atoms with Gasteiger partial charge in [0.05, 0.1) is 11.4 Å². The summed E-state index contributed by atoms with van der Waals surface area (Å²) >= 11 is 0. The van der Waals surface area contributed by atoms with Crippen molar-refractivity contribution in [2.24, 2.45) is 0 Å². The third-order valence-electron chi connectivity index (χ3n) is 6.01. The highest BCUT2D eigenvalue weighted by molar-refractivity contribution is 7.86. The van der Waals surface area contributed by atoms with Crippen LogP contribution in [0.2, 0.25) is 0 Å². The molecule has 0 aliphatic carbocycles. The zero-order valence-corrected chi connectivity index (χ0v) is 20.2. The maximum atomic E-state index is 11.6. The van der Waals surface area contributed by atoms with Crippen molar-refractivity contribution in [1.82, 2.24) is 0 Å². The molecule has 0 aromatic carbocycles. The topological polar surface area (TPSA) is 74.6 Å². The lowest BCUT2D eigenvalue weighted by molar-refractivity contribution is 0.147. The van der Waals surface area contributed by atoms with Crippen LogP contribution in [-0.4, -0.2) is 29.4 Å². The van der Waals surface area contributed by atoms with Crippen LogP contribution in [-0.2, 0) is 10.1 Å². The van der Waals surface area contributed by atoms with E-state index in [-0.39, 0.29) is 6.10 Å². The van der Waals surface area contributed by atoms with Crippen LogP contribution in [0.5, 0.6) is 0 Å². The normalized spacial score (nSPS) is 14.2. The van der Waals surface area contributed by atoms with Gasteiger partial charge in [-0.2, -0.15) is 8.42 Å². The molecule has 5 heteroatoms. The summed E-state index contributed by atoms with van der Waals surface area (Å²) < 4.78 is 32.6. The van der Waals surface area contributed by atoms with Gasteiger partial charge in [-0.1, -0.05) is 110 Å². The number of aliphatic hydroxyl groups excluding tert-OH is 1. The first-order valence-electron chi connectivity index (χ1n) is 12.6. The molecule has 0 bridgehead atoms. The van der Waals surface area contributed by atoms with Crippen molar-refractivity contribution in [3.8, 4) is 0 Å². The number of rotatable bonds is 22. The fraction of sp³-hybridized carbons (Fsp3) is 1.00. The van der Waals surface area contributed by atoms with E-state index in [0.717, 1.165) is 32.1 Å². The summed E-state index contributed by atoms with van der Waals surface area (Å²) in [6.07, 6.45) is 21.0. The molecule has 0 aliphatic heterocycles. The highest BCUT2D eigenvalue weighted by atomic mass is 32.2. The van der Waals surface area contributed by atoms with E-state index in [9.17, 15) is 18.1 Å². The first-order valence-corrected chi connectivity index (χ1v) is 14.1. The van der Waals surface area contributed by atoms with E-state index >= 15 is 0 Å². The lowest BCUT2D eigenvalue weighted by Crippen LogP contribution is -2.21. The van der Waals surface area contributed by atoms with Crippen LogP contribution in [0, 0.1) is 0 Å². The average molecular weight is 435 g/mol. The van der Waals surface area contributed by atoms with E-state index in [1.807, 2.05) is 0 Å². The Kier molecular flexibility index (Phi) is 19.7. The second-order valence-electron chi connectivity index (χ2n) is 8.90. The molecule has 0 saturated heterocycles. The van der Waals surface area contributed by atoms with Crippen molar-refractivity contribution >= 4 is 10.1 Å². The van der Waals surface area contributed by atoms with Gasteiger partial charge < -0.3 is 5.11 Å². The Bertz CT molecular complexity index is 436. The fourth-order valence-electron chi connectivity index (χ4n) is 4.01. The van der Waals surface area contributed by atoms with Crippen LogP contribution in [0.15, 0.2) is 0 Å². The maximum Gasteiger partial charge on any atom is 0.267 e. The molecule has 0 aliphatic rings. The van der Waals surface area contributed by atoms with E-state index in [1.165, 1.54) is 70.6 Å². The van der Waals surface area contributed by atoms with Crippen LogP contribution in [0.3, 0.4) is 0 Å². The van der Waals surface area contributed by atoms with Gasteiger partial charge in [-0.05, 0) is 32.1 Å². The SMILES string of the molecule is CCCCCCCCCCCCC(O)CCCC(CCCCCCC)S(=O)(=O)O. The first-order chi connectivity index (χ1) is 13.9. The van der Waals surface area contributed by atoms with E-state index in [4.69, 9.17) is 0 Å². The minimum atomic E-state index is -3.97. The van der Waals surface area contributed by atoms with Crippen LogP contribution in [0.25, 0.3) is 0 Å². The maximum absolute atomic E-state index is 11.6. The van der Waals surface area contributed by atoms with Gasteiger partial charge in [0, 0.05) is 0 Å². The summed E-state index contributed by atoms with van der Waals surface area (Å²) in [6.45, 7) is 4.40. The number of hydrogen-bond donors (Lipinski definition) is 2. The summed E-state index contributed by atoms with van der Waals surface area (Å²) in [7, 11) is -3.97. The van der Waals surface area contributed by atoms with Gasteiger partial charge >= 0.3 is 0 Å². The Balaban J connectivity index is 3.70. The zero-order chi connectivity index (χ0) is 21.8. The van der Waals surface area contributed by atoms with Crippen LogP contribution < -0.4 is 0 Å². The molecule has 0 rings (SSSR count). The summed E-state index contributed by atoms with van der Waals surface area (Å²) in [5.41, 5.74) is 0. The summed E-state index contributed by atoms with van der Waals surface area (Å²) in [5, 5.41) is 9.49. The molecule has 0 spiro atoms. The molecular weight excluding hydrogens is 384 g/mol. The second kappa shape index (κ2) is 19.8. The minimum Gasteiger partial charge on any atom is -0.393 e. The van der Waals surface area contributed by atoms with Gasteiger partial charge in [-0.15, -0.1) is 0 Å². The van der Waals surface area contributed by atoms with Crippen LogP contribution in [0.1, 0.15) is 142 Å². The zero-order valence-electron chi connectivity index (χ0n) is 19.4. The largest absolute Gasteiger partial charge is 0.393 e. The molecule has 2 N–H and O–H groups in total. The van der Waals surface area contributed by atoms with Gasteiger partial charge in [0.15, 0.2) is 0 Å². The molecule has 0 radical (unpaired) electrons. The van der Waals surface area contributed by atoms with Gasteiger partial charge in [-0.3, -0.25) is 4.55 Å². The third-order valence-corrected chi connectivity index (χ3v) is 7.32. The summed E-state index contributed by atoms with van der Waals surface area (Å²) in [6, 6.07) is 0. The molecule has 0 saturated carbocycles. The van der Waals surface area contributed by atoms with Crippen molar-refractivity contribution in [3.63, 3.8) is 0 Å². The van der Waals surface area contributed by atoms with Crippen molar-refractivity contribution in [2.45, 2.75) is 154 Å². The number of hydrogen-bond acceptors (Lipinski definition) is 3. The minimum absolute atomic E-state index is 0.337. The molecule has 0 heterocycles. The molecular formula is C24H50O4S. The van der Waals surface area contributed by atoms with E-state index in [1.54, 1.807) is 0 Å². The lowest BCUT2D eigenvalue weighted by atomic mass is 10.0. The second-order valence-corrected chi connectivity index (χ2v) is 10.6. The molecule has 4 nitrogen and oxygen atoms in total. The Morgan fingerprint density at radius 1 is 0.552 bits per heavy atom. The Hall–Kier alpha value is -0.130. The van der Waals surface area contributed by atoms with Crippen molar-refractivity contribution in [1.29, 1.82) is 0 Å². The van der Waals surface area contributed by atoms with Crippen molar-refractivity contribution < 1.29 is 18.1 Å². The van der Waals surface area contributed by atoms with Crippen LogP contribution in [0.4, 0.5) is 0 Å². The molecule has 2 unspecified atom stereocenters. The number of aliphatic hydroxyl groups is 1. The monoisotopic (exact) mass is 434 g/mol. The van der Waals surface area contributed by atoms with Gasteiger partial charge in [0.25, 0.3) is 10.1 Å². The first kappa shape index (κ1) is 28.9. The summed E-state index contributed by atoms with van der Waals surface area (Å²) in [4.78, 5) is 0. The van der Waals surface area contributed by atoms with Gasteiger partial charge in [-0.25, -0.2) is 0 Å². The molecule has 2 atom stereocenters. The fourth-order valence-corrected chi connectivity index (χ4v) is 4.94. The van der Waals surface area contributed by atoms with Crippen molar-refractivity contribution in [2.75, 3.05) is 0 Å². The van der Waals surface area contributed by atoms with E-state index < -0.39 is 15.4 Å². The predicted molar refractivity (Wildman–Crippen MR) is 125 cm³/mol. The Morgan fingerprint density at radius 3 is 1.34 bits per heavy atom. The Morgan fingerprint density at radius 2 is 0.897 bits per heavy atom. The van der Waals surface area contributed by atoms with Crippen molar-refractivity contribution in [3.05, 3.63) is 0 Å².